The highest BCUT2D eigenvalue weighted by Gasteiger charge is 2.25. The monoisotopic (exact) mass is 261 g/mol. The molecule has 3 heteroatoms. The van der Waals surface area contributed by atoms with Crippen LogP contribution in [0.15, 0.2) is 30.3 Å². The summed E-state index contributed by atoms with van der Waals surface area (Å²) < 4.78 is 5.32. The maximum absolute atomic E-state index is 12.3. The van der Waals surface area contributed by atoms with Gasteiger partial charge < -0.3 is 10.5 Å². The summed E-state index contributed by atoms with van der Waals surface area (Å²) in [6.07, 6.45) is 2.64. The second-order valence-electron chi connectivity index (χ2n) is 5.45. The first kappa shape index (κ1) is 14.2. The fourth-order valence-corrected chi connectivity index (χ4v) is 2.59. The van der Waals surface area contributed by atoms with Crippen LogP contribution < -0.4 is 5.73 Å². The Labute approximate surface area is 115 Å². The highest BCUT2D eigenvalue weighted by molar-refractivity contribution is 5.81. The first-order valence-electron chi connectivity index (χ1n) is 7.09. The Bertz CT molecular complexity index is 398. The molecule has 1 aliphatic heterocycles. The third-order valence-corrected chi connectivity index (χ3v) is 4.06. The predicted molar refractivity (Wildman–Crippen MR) is 75.7 cm³/mol. The van der Waals surface area contributed by atoms with E-state index in [2.05, 4.69) is 0 Å². The van der Waals surface area contributed by atoms with Crippen LogP contribution in [-0.2, 0) is 9.53 Å². The van der Waals surface area contributed by atoms with Crippen LogP contribution in [-0.4, -0.2) is 19.0 Å². The average molecular weight is 261 g/mol. The molecule has 0 saturated carbocycles. The van der Waals surface area contributed by atoms with Crippen molar-refractivity contribution in [2.75, 3.05) is 13.2 Å². The molecule has 2 N–H and O–H groups in total. The normalized spacial score (nSPS) is 19.9. The molecule has 0 bridgehead atoms. The topological polar surface area (TPSA) is 52.3 Å². The van der Waals surface area contributed by atoms with Crippen molar-refractivity contribution >= 4 is 5.78 Å². The van der Waals surface area contributed by atoms with Crippen LogP contribution in [0.25, 0.3) is 0 Å². The zero-order valence-corrected chi connectivity index (χ0v) is 11.5. The highest BCUT2D eigenvalue weighted by atomic mass is 16.5. The summed E-state index contributed by atoms with van der Waals surface area (Å²) in [5.41, 5.74) is 7.24. The van der Waals surface area contributed by atoms with Crippen molar-refractivity contribution in [3.8, 4) is 0 Å². The van der Waals surface area contributed by atoms with Crippen LogP contribution in [0.5, 0.6) is 0 Å². The van der Waals surface area contributed by atoms with Crippen molar-refractivity contribution in [3.63, 3.8) is 0 Å². The van der Waals surface area contributed by atoms with Crippen LogP contribution in [0.1, 0.15) is 37.8 Å². The molecule has 1 heterocycles. The molecule has 0 aliphatic carbocycles. The van der Waals surface area contributed by atoms with Crippen molar-refractivity contribution in [1.29, 1.82) is 0 Å². The van der Waals surface area contributed by atoms with Crippen molar-refractivity contribution < 1.29 is 9.53 Å². The third kappa shape index (κ3) is 3.88. The molecule has 1 aliphatic rings. The number of Topliss-reactive ketones (excluding diaryl/α,β-unsaturated/α-hetero) is 1. The van der Waals surface area contributed by atoms with Crippen LogP contribution in [0.4, 0.5) is 0 Å². The maximum Gasteiger partial charge on any atom is 0.137 e. The first-order valence-corrected chi connectivity index (χ1v) is 7.09. The molecule has 1 fully saturated rings. The molecule has 2 unspecified atom stereocenters. The summed E-state index contributed by atoms with van der Waals surface area (Å²) in [4.78, 5) is 12.3. The van der Waals surface area contributed by atoms with E-state index in [1.54, 1.807) is 0 Å². The van der Waals surface area contributed by atoms with E-state index in [0.29, 0.717) is 12.3 Å². The van der Waals surface area contributed by atoms with Gasteiger partial charge in [-0.1, -0.05) is 37.3 Å². The number of ether oxygens (including phenoxy) is 1. The lowest BCUT2D eigenvalue weighted by Gasteiger charge is -2.24. The lowest BCUT2D eigenvalue weighted by molar-refractivity contribution is -0.124. The van der Waals surface area contributed by atoms with E-state index in [9.17, 15) is 4.79 Å². The van der Waals surface area contributed by atoms with E-state index in [1.165, 1.54) is 0 Å². The second-order valence-corrected chi connectivity index (χ2v) is 5.45. The number of hydrogen-bond donors (Lipinski definition) is 1. The largest absolute Gasteiger partial charge is 0.381 e. The minimum absolute atomic E-state index is 0.120. The van der Waals surface area contributed by atoms with E-state index < -0.39 is 0 Å². The first-order chi connectivity index (χ1) is 9.18. The van der Waals surface area contributed by atoms with Gasteiger partial charge in [0.1, 0.15) is 5.78 Å². The molecule has 104 valence electrons. The molecule has 2 atom stereocenters. The summed E-state index contributed by atoms with van der Waals surface area (Å²) in [6, 6.07) is 9.67. The van der Waals surface area contributed by atoms with Gasteiger partial charge >= 0.3 is 0 Å². The summed E-state index contributed by atoms with van der Waals surface area (Å²) in [5.74, 6) is 0.639. The standard InChI is InChI=1S/C16H23NO2/c1-12(16(17)14-5-3-2-4-6-14)15(18)11-13-7-9-19-10-8-13/h2-6,12-13,16H,7-11,17H2,1H3. The lowest BCUT2D eigenvalue weighted by atomic mass is 9.85. The number of rotatable bonds is 5. The maximum atomic E-state index is 12.3. The molecular formula is C16H23NO2. The molecule has 0 aromatic heterocycles. The number of hydrogen-bond acceptors (Lipinski definition) is 3. The number of nitrogens with two attached hydrogens (primary N) is 1. The molecule has 1 aromatic rings. The minimum Gasteiger partial charge on any atom is -0.381 e. The number of carbonyl (C=O) groups is 1. The summed E-state index contributed by atoms with van der Waals surface area (Å²) in [5, 5.41) is 0. The van der Waals surface area contributed by atoms with Gasteiger partial charge in [-0.15, -0.1) is 0 Å². The van der Waals surface area contributed by atoms with Gasteiger partial charge in [0, 0.05) is 31.6 Å². The predicted octanol–water partition coefficient (Wildman–Crippen LogP) is 2.71. The molecule has 1 saturated heterocycles. The van der Waals surface area contributed by atoms with E-state index in [4.69, 9.17) is 10.5 Å². The number of carbonyl (C=O) groups excluding carboxylic acids is 1. The Morgan fingerprint density at radius 1 is 1.32 bits per heavy atom. The lowest BCUT2D eigenvalue weighted by Crippen LogP contribution is -2.28. The van der Waals surface area contributed by atoms with Gasteiger partial charge in [0.25, 0.3) is 0 Å². The molecule has 0 spiro atoms. The summed E-state index contributed by atoms with van der Waals surface area (Å²) in [6.45, 7) is 3.52. The molecule has 0 radical (unpaired) electrons. The summed E-state index contributed by atoms with van der Waals surface area (Å²) >= 11 is 0. The average Bonchev–Trinajstić information content (AvgIpc) is 2.47. The quantitative estimate of drug-likeness (QED) is 0.886. The van der Waals surface area contributed by atoms with Gasteiger partial charge in [-0.2, -0.15) is 0 Å². The molecule has 3 nitrogen and oxygen atoms in total. The van der Waals surface area contributed by atoms with Gasteiger partial charge in [-0.25, -0.2) is 0 Å². The zero-order valence-electron chi connectivity index (χ0n) is 11.5. The van der Waals surface area contributed by atoms with Gasteiger partial charge in [0.2, 0.25) is 0 Å². The van der Waals surface area contributed by atoms with E-state index in [1.807, 2.05) is 37.3 Å². The summed E-state index contributed by atoms with van der Waals surface area (Å²) in [7, 11) is 0. The Balaban J connectivity index is 1.91. The van der Waals surface area contributed by atoms with E-state index in [-0.39, 0.29) is 17.7 Å². The van der Waals surface area contributed by atoms with Crippen LogP contribution in [0.3, 0.4) is 0 Å². The Morgan fingerprint density at radius 2 is 1.95 bits per heavy atom. The fraction of sp³-hybridized carbons (Fsp3) is 0.562. The van der Waals surface area contributed by atoms with Crippen molar-refractivity contribution in [2.45, 2.75) is 32.2 Å². The Hall–Kier alpha value is -1.19. The SMILES string of the molecule is CC(C(=O)CC1CCOCC1)C(N)c1ccccc1. The fourth-order valence-electron chi connectivity index (χ4n) is 2.59. The van der Waals surface area contributed by atoms with E-state index >= 15 is 0 Å². The third-order valence-electron chi connectivity index (χ3n) is 4.06. The van der Waals surface area contributed by atoms with E-state index in [0.717, 1.165) is 31.6 Å². The number of benzene rings is 1. The highest BCUT2D eigenvalue weighted by Crippen LogP contribution is 2.25. The Morgan fingerprint density at radius 3 is 2.58 bits per heavy atom. The molecular weight excluding hydrogens is 238 g/mol. The molecule has 1 aromatic carbocycles. The minimum atomic E-state index is -0.200. The number of ketones is 1. The van der Waals surface area contributed by atoms with Crippen molar-refractivity contribution in [1.82, 2.24) is 0 Å². The molecule has 2 rings (SSSR count). The van der Waals surface area contributed by atoms with Gasteiger partial charge in [-0.3, -0.25) is 4.79 Å². The van der Waals surface area contributed by atoms with Gasteiger partial charge in [0.05, 0.1) is 0 Å². The second kappa shape index (κ2) is 6.83. The zero-order chi connectivity index (χ0) is 13.7. The van der Waals surface area contributed by atoms with Crippen LogP contribution in [0, 0.1) is 11.8 Å². The smallest absolute Gasteiger partial charge is 0.137 e. The van der Waals surface area contributed by atoms with Crippen LogP contribution >= 0.6 is 0 Å². The van der Waals surface area contributed by atoms with Crippen molar-refractivity contribution in [3.05, 3.63) is 35.9 Å². The van der Waals surface area contributed by atoms with Crippen molar-refractivity contribution in [2.24, 2.45) is 17.6 Å². The van der Waals surface area contributed by atoms with Crippen LogP contribution in [0.2, 0.25) is 0 Å². The van der Waals surface area contributed by atoms with Gasteiger partial charge in [-0.05, 0) is 24.3 Å². The molecule has 0 amide bonds. The van der Waals surface area contributed by atoms with Gasteiger partial charge in [0.15, 0.2) is 0 Å². The Kier molecular flexibility index (Phi) is 5.11. The molecule has 19 heavy (non-hydrogen) atoms.